The van der Waals surface area contributed by atoms with Gasteiger partial charge in [-0.25, -0.2) is 4.39 Å². The first-order chi connectivity index (χ1) is 16.7. The van der Waals surface area contributed by atoms with E-state index in [1.807, 2.05) is 6.92 Å². The molecule has 2 aromatic rings. The van der Waals surface area contributed by atoms with E-state index in [1.165, 1.54) is 24.3 Å². The second-order valence-corrected chi connectivity index (χ2v) is 11.6. The van der Waals surface area contributed by atoms with Crippen molar-refractivity contribution in [1.29, 1.82) is 0 Å². The smallest absolute Gasteiger partial charge is 0.296 e. The molecule has 6 nitrogen and oxygen atoms in total. The van der Waals surface area contributed by atoms with Crippen LogP contribution in [0.25, 0.3) is 0 Å². The Morgan fingerprint density at radius 1 is 1.06 bits per heavy atom. The number of rotatable bonds is 7. The van der Waals surface area contributed by atoms with E-state index in [-0.39, 0.29) is 23.9 Å². The number of ether oxygens (including phenoxy) is 3. The van der Waals surface area contributed by atoms with Gasteiger partial charge in [-0.1, -0.05) is 17.7 Å². The Hall–Kier alpha value is -2.07. The van der Waals surface area contributed by atoms with Crippen LogP contribution in [0, 0.1) is 24.0 Å². The number of hydrogen-bond acceptors (Lipinski definition) is 6. The second-order valence-electron chi connectivity index (χ2n) is 10.00. The van der Waals surface area contributed by atoms with Crippen molar-refractivity contribution in [2.45, 2.75) is 68.7 Å². The summed E-state index contributed by atoms with van der Waals surface area (Å²) in [5.74, 6) is -2.18. The summed E-state index contributed by atoms with van der Waals surface area (Å²) < 4.78 is 77.2. The van der Waals surface area contributed by atoms with Gasteiger partial charge in [0, 0.05) is 11.8 Å². The molecule has 2 bridgehead atoms. The van der Waals surface area contributed by atoms with Crippen molar-refractivity contribution >= 4 is 10.1 Å². The highest BCUT2D eigenvalue weighted by Gasteiger charge is 2.51. The van der Waals surface area contributed by atoms with E-state index in [4.69, 9.17) is 18.4 Å². The number of aryl methyl sites for hydroxylation is 1. The molecule has 3 aliphatic heterocycles. The highest BCUT2D eigenvalue weighted by molar-refractivity contribution is 7.86. The van der Waals surface area contributed by atoms with Crippen molar-refractivity contribution in [3.63, 3.8) is 0 Å². The Labute approximate surface area is 204 Å². The maximum Gasteiger partial charge on any atom is 0.296 e. The van der Waals surface area contributed by atoms with E-state index in [9.17, 15) is 17.2 Å². The first-order valence-electron chi connectivity index (χ1n) is 12.1. The third-order valence-corrected chi connectivity index (χ3v) is 8.80. The Bertz CT molecular complexity index is 1150. The number of benzene rings is 2. The monoisotopic (exact) mass is 508 g/mol. The molecule has 35 heavy (non-hydrogen) atoms. The summed E-state index contributed by atoms with van der Waals surface area (Å²) in [5.41, 5.74) is 0.290. The first-order valence-corrected chi connectivity index (χ1v) is 13.5. The molecule has 1 atom stereocenters. The summed E-state index contributed by atoms with van der Waals surface area (Å²) in [7, 11) is -3.88. The van der Waals surface area contributed by atoms with Crippen molar-refractivity contribution < 1.29 is 35.6 Å². The molecule has 9 heteroatoms. The molecular formula is C26H30F2O6S. The quantitative estimate of drug-likeness (QED) is 0.469. The predicted octanol–water partition coefficient (Wildman–Crippen LogP) is 5.37. The van der Waals surface area contributed by atoms with Crippen LogP contribution in [-0.4, -0.2) is 34.5 Å². The normalized spacial score (nSPS) is 28.7. The molecule has 3 saturated heterocycles. The van der Waals surface area contributed by atoms with Gasteiger partial charge in [-0.15, -0.1) is 0 Å². The largest absolute Gasteiger partial charge is 0.462 e. The number of hydrogen-bond donors (Lipinski definition) is 0. The lowest BCUT2D eigenvalue weighted by Crippen LogP contribution is -2.51. The maximum atomic E-state index is 14.5. The lowest BCUT2D eigenvalue weighted by atomic mass is 9.64. The summed E-state index contributed by atoms with van der Waals surface area (Å²) in [4.78, 5) is 0.123. The van der Waals surface area contributed by atoms with Crippen molar-refractivity contribution in [1.82, 2.24) is 0 Å². The van der Waals surface area contributed by atoms with E-state index >= 15 is 0 Å². The minimum absolute atomic E-state index is 0.0183. The van der Waals surface area contributed by atoms with Crippen molar-refractivity contribution in [3.8, 4) is 5.75 Å². The van der Waals surface area contributed by atoms with Crippen LogP contribution < -0.4 is 4.74 Å². The van der Waals surface area contributed by atoms with Gasteiger partial charge in [0.05, 0.1) is 30.3 Å². The zero-order chi connectivity index (χ0) is 24.7. The summed E-state index contributed by atoms with van der Waals surface area (Å²) in [6.07, 6.45) is 4.26. The van der Waals surface area contributed by atoms with Gasteiger partial charge in [0.2, 0.25) is 5.82 Å². The Morgan fingerprint density at radius 3 is 2.43 bits per heavy atom. The summed E-state index contributed by atoms with van der Waals surface area (Å²) in [6, 6.07) is 9.23. The molecule has 3 heterocycles. The summed E-state index contributed by atoms with van der Waals surface area (Å²) in [6.45, 7) is 2.71. The van der Waals surface area contributed by atoms with E-state index < -0.39 is 39.1 Å². The number of fused-ring (bicyclic) bond motifs is 3. The van der Waals surface area contributed by atoms with Gasteiger partial charge in [-0.3, -0.25) is 4.18 Å². The van der Waals surface area contributed by atoms with Gasteiger partial charge in [-0.2, -0.15) is 12.8 Å². The molecule has 0 radical (unpaired) electrons. The van der Waals surface area contributed by atoms with E-state index in [0.717, 1.165) is 18.4 Å². The topological polar surface area (TPSA) is 71.1 Å². The molecule has 1 saturated carbocycles. The van der Waals surface area contributed by atoms with E-state index in [1.54, 1.807) is 12.1 Å². The fourth-order valence-electron chi connectivity index (χ4n) is 5.16. The van der Waals surface area contributed by atoms with Crippen molar-refractivity contribution in [3.05, 3.63) is 59.2 Å². The van der Waals surface area contributed by atoms with Crippen molar-refractivity contribution in [2.24, 2.45) is 5.41 Å². The summed E-state index contributed by atoms with van der Waals surface area (Å²) >= 11 is 0. The lowest BCUT2D eigenvalue weighted by molar-refractivity contribution is -0.197. The average Bonchev–Trinajstić information content (AvgIpc) is 2.88. The molecule has 0 N–H and O–H groups in total. The molecule has 4 fully saturated rings. The zero-order valence-corrected chi connectivity index (χ0v) is 20.5. The highest BCUT2D eigenvalue weighted by Crippen LogP contribution is 2.54. The van der Waals surface area contributed by atoms with Gasteiger partial charge < -0.3 is 14.2 Å². The van der Waals surface area contributed by atoms with Gasteiger partial charge in [0.25, 0.3) is 10.1 Å². The van der Waals surface area contributed by atoms with E-state index in [2.05, 4.69) is 0 Å². The van der Waals surface area contributed by atoms with Crippen LogP contribution in [0.1, 0.15) is 56.1 Å². The Morgan fingerprint density at radius 2 is 1.80 bits per heavy atom. The van der Waals surface area contributed by atoms with Gasteiger partial charge in [-0.05, 0) is 75.3 Å². The van der Waals surface area contributed by atoms with Crippen molar-refractivity contribution in [2.75, 3.05) is 19.8 Å². The standard InChI is InChI=1S/C26H30F2O6S/c1-18-5-7-20(8-6-18)35(29,30)33-17-25-9-11-26(12-10-25,32-16-25)19-14-21(27)24(28)22(15-19)34-23-4-2-3-13-31-23/h5-8,14-15,23H,2-4,9-13,16-17H2,1H3. The lowest BCUT2D eigenvalue weighted by Gasteiger charge is -2.53. The third-order valence-electron chi connectivity index (χ3n) is 7.52. The fourth-order valence-corrected chi connectivity index (χ4v) is 6.17. The Balaban J connectivity index is 1.28. The third kappa shape index (κ3) is 4.96. The highest BCUT2D eigenvalue weighted by atomic mass is 32.2. The molecule has 1 unspecified atom stereocenters. The van der Waals surface area contributed by atoms with Crippen LogP contribution in [0.5, 0.6) is 5.75 Å². The minimum Gasteiger partial charge on any atom is -0.462 e. The van der Waals surface area contributed by atoms with Crippen LogP contribution in [-0.2, 0) is 29.4 Å². The van der Waals surface area contributed by atoms with Gasteiger partial charge >= 0.3 is 0 Å². The number of halogens is 2. The molecule has 0 amide bonds. The molecule has 2 aromatic carbocycles. The van der Waals surface area contributed by atoms with Crippen LogP contribution in [0.15, 0.2) is 41.3 Å². The molecule has 6 rings (SSSR count). The zero-order valence-electron chi connectivity index (χ0n) is 19.7. The molecule has 0 spiro atoms. The van der Waals surface area contributed by atoms with Gasteiger partial charge in [0.15, 0.2) is 17.9 Å². The molecule has 1 aliphatic carbocycles. The molecule has 0 aromatic heterocycles. The average molecular weight is 509 g/mol. The van der Waals surface area contributed by atoms with Crippen LogP contribution in [0.2, 0.25) is 0 Å². The predicted molar refractivity (Wildman–Crippen MR) is 123 cm³/mol. The first kappa shape index (κ1) is 24.6. The van der Waals surface area contributed by atoms with Crippen LogP contribution in [0.3, 0.4) is 0 Å². The van der Waals surface area contributed by atoms with E-state index in [0.29, 0.717) is 44.3 Å². The van der Waals surface area contributed by atoms with Crippen LogP contribution >= 0.6 is 0 Å². The second kappa shape index (κ2) is 9.42. The van der Waals surface area contributed by atoms with Gasteiger partial charge in [0.1, 0.15) is 0 Å². The Kier molecular flexibility index (Phi) is 6.63. The fraction of sp³-hybridized carbons (Fsp3) is 0.538. The molecule has 4 aliphatic rings. The molecular weight excluding hydrogens is 478 g/mol. The minimum atomic E-state index is -3.88. The summed E-state index contributed by atoms with van der Waals surface area (Å²) in [5, 5.41) is 0. The van der Waals surface area contributed by atoms with Crippen LogP contribution in [0.4, 0.5) is 8.78 Å². The molecule has 190 valence electrons. The SMILES string of the molecule is Cc1ccc(S(=O)(=O)OCC23CCC(c4cc(F)c(F)c(OC5CCCCO5)c4)(CC2)OC3)cc1. The maximum absolute atomic E-state index is 14.5.